The maximum Gasteiger partial charge on any atom is 0.251 e. The van der Waals surface area contributed by atoms with Crippen molar-refractivity contribution >= 4 is 5.91 Å². The zero-order chi connectivity index (χ0) is 19.5. The van der Waals surface area contributed by atoms with Gasteiger partial charge >= 0.3 is 0 Å². The summed E-state index contributed by atoms with van der Waals surface area (Å²) in [6, 6.07) is 17.7. The summed E-state index contributed by atoms with van der Waals surface area (Å²) >= 11 is 0. The van der Waals surface area contributed by atoms with Crippen LogP contribution in [-0.2, 0) is 14.9 Å². The summed E-state index contributed by atoms with van der Waals surface area (Å²) in [5.41, 5.74) is 1.75. The van der Waals surface area contributed by atoms with Gasteiger partial charge in [-0.3, -0.25) is 4.79 Å². The van der Waals surface area contributed by atoms with Gasteiger partial charge in [-0.2, -0.15) is 0 Å². The monoisotopic (exact) mass is 381 g/mol. The van der Waals surface area contributed by atoms with E-state index in [9.17, 15) is 4.79 Å². The van der Waals surface area contributed by atoms with Crippen molar-refractivity contribution in [3.63, 3.8) is 0 Å². The molecule has 0 atom stereocenters. The molecule has 2 aromatic carbocycles. The second-order valence-corrected chi connectivity index (χ2v) is 7.67. The number of methoxy groups -OCH3 is 1. The number of hydrogen-bond donors (Lipinski definition) is 1. The average Bonchev–Trinajstić information content (AvgIpc) is 3.22. The second kappa shape index (κ2) is 7.94. The molecule has 2 aliphatic rings. The number of benzene rings is 2. The van der Waals surface area contributed by atoms with Crippen LogP contribution in [0.25, 0.3) is 0 Å². The van der Waals surface area contributed by atoms with Crippen LogP contribution in [0.1, 0.15) is 41.6 Å². The summed E-state index contributed by atoms with van der Waals surface area (Å²) in [5, 5.41) is 3.16. The van der Waals surface area contributed by atoms with Gasteiger partial charge in [-0.05, 0) is 36.6 Å². The highest BCUT2D eigenvalue weighted by molar-refractivity contribution is 5.94. The summed E-state index contributed by atoms with van der Waals surface area (Å²) in [5.74, 6) is 0.179. The third-order valence-corrected chi connectivity index (χ3v) is 6.09. The van der Waals surface area contributed by atoms with Gasteiger partial charge in [0.05, 0.1) is 20.3 Å². The van der Waals surface area contributed by atoms with E-state index < -0.39 is 5.79 Å². The van der Waals surface area contributed by atoms with Gasteiger partial charge in [0.15, 0.2) is 5.79 Å². The minimum Gasteiger partial charge on any atom is -0.497 e. The van der Waals surface area contributed by atoms with Crippen molar-refractivity contribution in [3.8, 4) is 5.75 Å². The number of carbonyl (C=O) groups excluding carboxylic acids is 1. The summed E-state index contributed by atoms with van der Waals surface area (Å²) < 4.78 is 17.0. The molecule has 5 heteroatoms. The average molecular weight is 381 g/mol. The van der Waals surface area contributed by atoms with Gasteiger partial charge in [0.1, 0.15) is 5.75 Å². The van der Waals surface area contributed by atoms with E-state index in [0.29, 0.717) is 31.1 Å². The summed E-state index contributed by atoms with van der Waals surface area (Å²) in [7, 11) is 1.60. The predicted octanol–water partition coefficient (Wildman–Crippen LogP) is 3.68. The van der Waals surface area contributed by atoms with Gasteiger partial charge in [0, 0.05) is 30.4 Å². The Morgan fingerprint density at radius 1 is 1.00 bits per heavy atom. The van der Waals surface area contributed by atoms with E-state index in [1.807, 2.05) is 24.3 Å². The van der Waals surface area contributed by atoms with Crippen molar-refractivity contribution in [2.24, 2.45) is 0 Å². The Balaban J connectivity index is 1.51. The lowest BCUT2D eigenvalue weighted by Gasteiger charge is -2.44. The van der Waals surface area contributed by atoms with Crippen LogP contribution >= 0.6 is 0 Å². The Morgan fingerprint density at radius 3 is 2.39 bits per heavy atom. The van der Waals surface area contributed by atoms with Gasteiger partial charge in [0.2, 0.25) is 0 Å². The SMILES string of the molecule is COc1cccc(C(=O)NCC2(c3ccccc3)CCC3(CC2)OCCO3)c1. The van der Waals surface area contributed by atoms with Crippen LogP contribution in [-0.4, -0.2) is 38.6 Å². The van der Waals surface area contributed by atoms with E-state index in [1.54, 1.807) is 13.2 Å². The van der Waals surface area contributed by atoms with E-state index in [2.05, 4.69) is 29.6 Å². The molecule has 1 amide bonds. The van der Waals surface area contributed by atoms with Crippen LogP contribution < -0.4 is 10.1 Å². The van der Waals surface area contributed by atoms with E-state index >= 15 is 0 Å². The molecule has 0 bridgehead atoms. The van der Waals surface area contributed by atoms with E-state index in [0.717, 1.165) is 25.7 Å². The fraction of sp³-hybridized carbons (Fsp3) is 0.435. The van der Waals surface area contributed by atoms with Gasteiger partial charge in [-0.15, -0.1) is 0 Å². The Bertz CT molecular complexity index is 804. The molecule has 1 spiro atoms. The number of nitrogens with one attached hydrogen (secondary N) is 1. The maximum atomic E-state index is 12.8. The van der Waals surface area contributed by atoms with E-state index in [1.165, 1.54) is 5.56 Å². The maximum absolute atomic E-state index is 12.8. The lowest BCUT2D eigenvalue weighted by molar-refractivity contribution is -0.184. The van der Waals surface area contributed by atoms with Crippen molar-refractivity contribution < 1.29 is 19.0 Å². The minimum atomic E-state index is -0.422. The van der Waals surface area contributed by atoms with Crippen molar-refractivity contribution in [2.45, 2.75) is 36.9 Å². The Morgan fingerprint density at radius 2 is 1.71 bits per heavy atom. The van der Waals surface area contributed by atoms with Crippen LogP contribution in [0.2, 0.25) is 0 Å². The quantitative estimate of drug-likeness (QED) is 0.858. The molecular weight excluding hydrogens is 354 g/mol. The van der Waals surface area contributed by atoms with Crippen LogP contribution in [0.5, 0.6) is 5.75 Å². The Labute approximate surface area is 166 Å². The molecule has 2 fully saturated rings. The Hall–Kier alpha value is -2.37. The highest BCUT2D eigenvalue weighted by atomic mass is 16.7. The molecule has 1 N–H and O–H groups in total. The van der Waals surface area contributed by atoms with Crippen molar-refractivity contribution in [1.29, 1.82) is 0 Å². The van der Waals surface area contributed by atoms with Crippen molar-refractivity contribution in [3.05, 3.63) is 65.7 Å². The fourth-order valence-electron chi connectivity index (χ4n) is 4.37. The molecule has 0 aromatic heterocycles. The second-order valence-electron chi connectivity index (χ2n) is 7.67. The van der Waals surface area contributed by atoms with Gasteiger partial charge in [-0.1, -0.05) is 36.4 Å². The summed E-state index contributed by atoms with van der Waals surface area (Å²) in [4.78, 5) is 12.8. The first-order chi connectivity index (χ1) is 13.6. The van der Waals surface area contributed by atoms with Gasteiger partial charge < -0.3 is 19.5 Å². The molecule has 0 radical (unpaired) electrons. The molecule has 1 aliphatic heterocycles. The lowest BCUT2D eigenvalue weighted by atomic mass is 9.67. The topological polar surface area (TPSA) is 56.8 Å². The molecule has 5 nitrogen and oxygen atoms in total. The molecule has 1 aliphatic carbocycles. The van der Waals surface area contributed by atoms with Crippen molar-refractivity contribution in [1.82, 2.24) is 5.32 Å². The summed E-state index contributed by atoms with van der Waals surface area (Å²) in [6.45, 7) is 1.93. The lowest BCUT2D eigenvalue weighted by Crippen LogP contribution is -2.48. The predicted molar refractivity (Wildman–Crippen MR) is 107 cm³/mol. The third-order valence-electron chi connectivity index (χ3n) is 6.09. The molecule has 148 valence electrons. The molecule has 1 heterocycles. The largest absolute Gasteiger partial charge is 0.497 e. The molecule has 4 rings (SSSR count). The number of ether oxygens (including phenoxy) is 3. The smallest absolute Gasteiger partial charge is 0.251 e. The molecule has 2 aromatic rings. The Kier molecular flexibility index (Phi) is 5.38. The third kappa shape index (κ3) is 3.77. The summed E-state index contributed by atoms with van der Waals surface area (Å²) in [6.07, 6.45) is 3.51. The molecule has 1 saturated heterocycles. The number of amides is 1. The van der Waals surface area contributed by atoms with E-state index in [4.69, 9.17) is 14.2 Å². The zero-order valence-electron chi connectivity index (χ0n) is 16.3. The first-order valence-electron chi connectivity index (χ1n) is 9.91. The van der Waals surface area contributed by atoms with Gasteiger partial charge in [-0.25, -0.2) is 0 Å². The number of rotatable bonds is 5. The minimum absolute atomic E-state index is 0.0807. The molecule has 0 unspecified atom stereocenters. The normalized spacial score (nSPS) is 20.0. The van der Waals surface area contributed by atoms with Crippen molar-refractivity contribution in [2.75, 3.05) is 26.9 Å². The van der Waals surface area contributed by atoms with Gasteiger partial charge in [0.25, 0.3) is 5.91 Å². The first-order valence-corrected chi connectivity index (χ1v) is 9.91. The molecule has 1 saturated carbocycles. The number of carbonyl (C=O) groups is 1. The highest BCUT2D eigenvalue weighted by Crippen LogP contribution is 2.46. The number of hydrogen-bond acceptors (Lipinski definition) is 4. The fourth-order valence-corrected chi connectivity index (χ4v) is 4.37. The standard InChI is InChI=1S/C23H27NO4/c1-26-20-9-5-6-18(16-20)21(25)24-17-22(19-7-3-2-4-8-19)10-12-23(13-11-22)27-14-15-28-23/h2-9,16H,10-15,17H2,1H3,(H,24,25). The zero-order valence-corrected chi connectivity index (χ0v) is 16.3. The molecular formula is C23H27NO4. The molecule has 28 heavy (non-hydrogen) atoms. The van der Waals surface area contributed by atoms with Crippen LogP contribution in [0.15, 0.2) is 54.6 Å². The first kappa shape index (κ1) is 19.0. The van der Waals surface area contributed by atoms with Crippen LogP contribution in [0, 0.1) is 0 Å². The van der Waals surface area contributed by atoms with E-state index in [-0.39, 0.29) is 11.3 Å². The highest BCUT2D eigenvalue weighted by Gasteiger charge is 2.47. The van der Waals surface area contributed by atoms with Crippen LogP contribution in [0.4, 0.5) is 0 Å². The van der Waals surface area contributed by atoms with Crippen LogP contribution in [0.3, 0.4) is 0 Å².